The Morgan fingerprint density at radius 3 is 2.91 bits per heavy atom. The smallest absolute Gasteiger partial charge is 0.258 e. The highest BCUT2D eigenvalue weighted by Crippen LogP contribution is 2.24. The van der Waals surface area contributed by atoms with Crippen LogP contribution in [0.2, 0.25) is 5.02 Å². The number of likely N-dealkylation sites (tertiary alicyclic amines) is 1. The van der Waals surface area contributed by atoms with Crippen molar-refractivity contribution in [2.75, 3.05) is 19.6 Å². The van der Waals surface area contributed by atoms with Crippen molar-refractivity contribution in [3.05, 3.63) is 34.6 Å². The Bertz CT molecular complexity index is 559. The maximum atomic E-state index is 13.9. The van der Waals surface area contributed by atoms with E-state index in [0.29, 0.717) is 26.1 Å². The van der Waals surface area contributed by atoms with Gasteiger partial charge < -0.3 is 10.2 Å². The van der Waals surface area contributed by atoms with Crippen LogP contribution >= 0.6 is 11.6 Å². The summed E-state index contributed by atoms with van der Waals surface area (Å²) in [5.41, 5.74) is -0.0650. The number of carbonyl (C=O) groups excluding carboxylic acids is 2. The van der Waals surface area contributed by atoms with Crippen molar-refractivity contribution in [1.82, 2.24) is 10.2 Å². The Balaban J connectivity index is 1.98. The van der Waals surface area contributed by atoms with Crippen LogP contribution in [0.1, 0.15) is 43.0 Å². The number of halogens is 2. The van der Waals surface area contributed by atoms with E-state index >= 15 is 0 Å². The van der Waals surface area contributed by atoms with Gasteiger partial charge in [-0.25, -0.2) is 4.39 Å². The van der Waals surface area contributed by atoms with E-state index in [4.69, 9.17) is 11.6 Å². The molecule has 1 aliphatic rings. The molecular formula is C17H22ClFN2O2. The molecule has 2 amide bonds. The maximum absolute atomic E-state index is 13.9. The van der Waals surface area contributed by atoms with Gasteiger partial charge in [-0.3, -0.25) is 9.59 Å². The number of hydrogen-bond donors (Lipinski definition) is 1. The van der Waals surface area contributed by atoms with Gasteiger partial charge in [0, 0.05) is 26.1 Å². The summed E-state index contributed by atoms with van der Waals surface area (Å²) in [7, 11) is 0. The van der Waals surface area contributed by atoms with Gasteiger partial charge in [-0.1, -0.05) is 24.6 Å². The van der Waals surface area contributed by atoms with Crippen molar-refractivity contribution in [2.24, 2.45) is 5.92 Å². The fraction of sp³-hybridized carbons (Fsp3) is 0.529. The summed E-state index contributed by atoms with van der Waals surface area (Å²) in [4.78, 5) is 25.7. The fourth-order valence-corrected chi connectivity index (χ4v) is 3.09. The van der Waals surface area contributed by atoms with E-state index in [-0.39, 0.29) is 28.3 Å². The molecule has 23 heavy (non-hydrogen) atoms. The van der Waals surface area contributed by atoms with E-state index in [2.05, 4.69) is 5.32 Å². The third-order valence-electron chi connectivity index (χ3n) is 4.05. The molecule has 2 rings (SSSR count). The summed E-state index contributed by atoms with van der Waals surface area (Å²) in [5.74, 6) is -0.745. The zero-order valence-electron chi connectivity index (χ0n) is 13.3. The van der Waals surface area contributed by atoms with Gasteiger partial charge in [-0.05, 0) is 37.3 Å². The van der Waals surface area contributed by atoms with Crippen LogP contribution in [0.4, 0.5) is 4.39 Å². The molecular weight excluding hydrogens is 319 g/mol. The van der Waals surface area contributed by atoms with E-state index in [1.54, 1.807) is 4.90 Å². The molecule has 0 aliphatic carbocycles. The molecule has 1 aromatic carbocycles. The van der Waals surface area contributed by atoms with Crippen LogP contribution in [0, 0.1) is 11.7 Å². The highest BCUT2D eigenvalue weighted by molar-refractivity contribution is 6.33. The summed E-state index contributed by atoms with van der Waals surface area (Å²) in [5, 5.41) is 3.03. The third-order valence-corrected chi connectivity index (χ3v) is 4.36. The predicted molar refractivity (Wildman–Crippen MR) is 88.0 cm³/mol. The zero-order valence-corrected chi connectivity index (χ0v) is 14.0. The average Bonchev–Trinajstić information content (AvgIpc) is 2.53. The highest BCUT2D eigenvalue weighted by atomic mass is 35.5. The van der Waals surface area contributed by atoms with Crippen LogP contribution in [0.25, 0.3) is 0 Å². The third kappa shape index (κ3) is 4.67. The minimum atomic E-state index is -0.596. The predicted octanol–water partition coefficient (Wildman–Crippen LogP) is 3.25. The monoisotopic (exact) mass is 340 g/mol. The Kier molecular flexibility index (Phi) is 6.39. The number of carbonyl (C=O) groups is 2. The first-order valence-corrected chi connectivity index (χ1v) is 8.40. The van der Waals surface area contributed by atoms with Gasteiger partial charge in [0.2, 0.25) is 5.91 Å². The lowest BCUT2D eigenvalue weighted by Crippen LogP contribution is -2.44. The summed E-state index contributed by atoms with van der Waals surface area (Å²) < 4.78 is 13.9. The number of piperidine rings is 1. The van der Waals surface area contributed by atoms with E-state index in [1.807, 2.05) is 6.92 Å². The molecule has 1 heterocycles. The number of rotatable bonds is 5. The number of hydrogen-bond acceptors (Lipinski definition) is 2. The number of amides is 2. The summed E-state index contributed by atoms with van der Waals surface area (Å²) >= 11 is 5.97. The second kappa shape index (κ2) is 8.29. The second-order valence-corrected chi connectivity index (χ2v) is 6.32. The molecule has 1 N–H and O–H groups in total. The van der Waals surface area contributed by atoms with E-state index < -0.39 is 5.82 Å². The Hall–Kier alpha value is -1.62. The standard InChI is InChI=1S/C17H22ClFN2O2/c1-2-5-15(22)20-10-12-6-4-9-21(11-12)17(23)16-13(18)7-3-8-14(16)19/h3,7-8,12H,2,4-6,9-11H2,1H3,(H,20,22)/t12-/m0/s1. The number of nitrogens with zero attached hydrogens (tertiary/aromatic N) is 1. The van der Waals surface area contributed by atoms with Crippen molar-refractivity contribution in [1.29, 1.82) is 0 Å². The van der Waals surface area contributed by atoms with Gasteiger partial charge in [0.15, 0.2) is 0 Å². The first-order chi connectivity index (χ1) is 11.0. The van der Waals surface area contributed by atoms with Crippen molar-refractivity contribution in [3.63, 3.8) is 0 Å². The van der Waals surface area contributed by atoms with Crippen molar-refractivity contribution in [2.45, 2.75) is 32.6 Å². The van der Waals surface area contributed by atoms with Crippen LogP contribution in [0.15, 0.2) is 18.2 Å². The summed E-state index contributed by atoms with van der Waals surface area (Å²) in [6.45, 7) is 3.60. The fourth-order valence-electron chi connectivity index (χ4n) is 2.85. The maximum Gasteiger partial charge on any atom is 0.258 e. The lowest BCUT2D eigenvalue weighted by Gasteiger charge is -2.33. The normalized spacial score (nSPS) is 17.9. The van der Waals surface area contributed by atoms with Gasteiger partial charge in [0.1, 0.15) is 5.82 Å². The molecule has 4 nitrogen and oxygen atoms in total. The number of nitrogens with one attached hydrogen (secondary N) is 1. The van der Waals surface area contributed by atoms with E-state index in [1.165, 1.54) is 18.2 Å². The van der Waals surface area contributed by atoms with Gasteiger partial charge in [0.05, 0.1) is 10.6 Å². The minimum Gasteiger partial charge on any atom is -0.356 e. The van der Waals surface area contributed by atoms with E-state index in [9.17, 15) is 14.0 Å². The second-order valence-electron chi connectivity index (χ2n) is 5.91. The van der Waals surface area contributed by atoms with Crippen molar-refractivity contribution in [3.8, 4) is 0 Å². The molecule has 1 fully saturated rings. The molecule has 126 valence electrons. The molecule has 0 spiro atoms. The van der Waals surface area contributed by atoms with Crippen molar-refractivity contribution >= 4 is 23.4 Å². The SMILES string of the molecule is CCCC(=O)NC[C@@H]1CCCN(C(=O)c2c(F)cccc2Cl)C1. The molecule has 6 heteroatoms. The first kappa shape index (κ1) is 17.7. The Morgan fingerprint density at radius 1 is 1.43 bits per heavy atom. The molecule has 0 radical (unpaired) electrons. The molecule has 0 aromatic heterocycles. The van der Waals surface area contributed by atoms with E-state index in [0.717, 1.165) is 19.3 Å². The summed E-state index contributed by atoms with van der Waals surface area (Å²) in [6.07, 6.45) is 3.11. The molecule has 0 bridgehead atoms. The molecule has 0 unspecified atom stereocenters. The van der Waals surface area contributed by atoms with Gasteiger partial charge in [-0.15, -0.1) is 0 Å². The van der Waals surface area contributed by atoms with Gasteiger partial charge >= 0.3 is 0 Å². The Labute approximate surface area is 141 Å². The van der Waals surface area contributed by atoms with Crippen LogP contribution in [-0.4, -0.2) is 36.3 Å². The topological polar surface area (TPSA) is 49.4 Å². The average molecular weight is 341 g/mol. The van der Waals surface area contributed by atoms with Crippen LogP contribution in [-0.2, 0) is 4.79 Å². The molecule has 1 aromatic rings. The lowest BCUT2D eigenvalue weighted by atomic mass is 9.97. The van der Waals surface area contributed by atoms with Gasteiger partial charge in [0.25, 0.3) is 5.91 Å². The minimum absolute atomic E-state index is 0.0353. The Morgan fingerprint density at radius 2 is 2.22 bits per heavy atom. The van der Waals surface area contributed by atoms with Gasteiger partial charge in [-0.2, -0.15) is 0 Å². The molecule has 1 aliphatic heterocycles. The largest absolute Gasteiger partial charge is 0.356 e. The summed E-state index contributed by atoms with van der Waals surface area (Å²) in [6, 6.07) is 4.24. The molecule has 1 saturated heterocycles. The van der Waals surface area contributed by atoms with Crippen LogP contribution in [0.3, 0.4) is 0 Å². The molecule has 0 saturated carbocycles. The van der Waals surface area contributed by atoms with Crippen molar-refractivity contribution < 1.29 is 14.0 Å². The number of benzene rings is 1. The first-order valence-electron chi connectivity index (χ1n) is 8.03. The highest BCUT2D eigenvalue weighted by Gasteiger charge is 2.27. The quantitative estimate of drug-likeness (QED) is 0.894. The zero-order chi connectivity index (χ0) is 16.8. The lowest BCUT2D eigenvalue weighted by molar-refractivity contribution is -0.121. The molecule has 1 atom stereocenters. The van der Waals surface area contributed by atoms with Crippen LogP contribution < -0.4 is 5.32 Å². The van der Waals surface area contributed by atoms with Crippen LogP contribution in [0.5, 0.6) is 0 Å².